The predicted octanol–water partition coefficient (Wildman–Crippen LogP) is 5.91. The van der Waals surface area contributed by atoms with Crippen molar-refractivity contribution in [1.82, 2.24) is 14.7 Å². The maximum absolute atomic E-state index is 14.2. The molecule has 2 aromatic carbocycles. The molecule has 2 aromatic rings. The number of hydrogen-bond acceptors (Lipinski definition) is 5. The number of carbonyl (C=O) groups excluding carboxylic acids is 1. The van der Waals surface area contributed by atoms with E-state index in [9.17, 15) is 40.7 Å². The first-order valence-corrected chi connectivity index (χ1v) is 17.2. The van der Waals surface area contributed by atoms with Gasteiger partial charge in [-0.3, -0.25) is 9.69 Å². The lowest BCUT2D eigenvalue weighted by Gasteiger charge is -2.42. The fraction of sp³-hybridized carbons (Fsp3) is 0.562. The Morgan fingerprint density at radius 3 is 2.07 bits per heavy atom. The zero-order valence-corrected chi connectivity index (χ0v) is 26.4. The highest BCUT2D eigenvalue weighted by molar-refractivity contribution is 7.90. The smallest absolute Gasteiger partial charge is 0.408 e. The minimum absolute atomic E-state index is 0.0124. The van der Waals surface area contributed by atoms with Gasteiger partial charge in [-0.2, -0.15) is 0 Å². The molecule has 1 N–H and O–H groups in total. The highest BCUT2D eigenvalue weighted by atomic mass is 32.2. The molecular weight excluding hydrogens is 614 g/mol. The van der Waals surface area contributed by atoms with E-state index in [-0.39, 0.29) is 48.1 Å². The molecule has 8 nitrogen and oxygen atoms in total. The van der Waals surface area contributed by atoms with Gasteiger partial charge in [0.1, 0.15) is 11.6 Å². The lowest BCUT2D eigenvalue weighted by Crippen LogP contribution is -2.49. The van der Waals surface area contributed by atoms with E-state index in [4.69, 9.17) is 0 Å². The van der Waals surface area contributed by atoms with Crippen LogP contribution in [0.3, 0.4) is 0 Å². The van der Waals surface area contributed by atoms with E-state index in [0.29, 0.717) is 50.7 Å². The summed E-state index contributed by atoms with van der Waals surface area (Å²) in [5.41, 5.74) is 0.863. The van der Waals surface area contributed by atoms with Crippen LogP contribution in [0, 0.1) is 11.6 Å². The Morgan fingerprint density at radius 2 is 1.56 bits per heavy atom. The van der Waals surface area contributed by atoms with Crippen molar-refractivity contribution >= 4 is 21.8 Å². The van der Waals surface area contributed by atoms with Crippen molar-refractivity contribution in [2.45, 2.75) is 87.2 Å². The number of halogens is 4. The molecule has 0 unspecified atom stereocenters. The third kappa shape index (κ3) is 9.18. The van der Waals surface area contributed by atoms with Crippen LogP contribution >= 0.6 is 0 Å². The first-order chi connectivity index (χ1) is 21.2. The van der Waals surface area contributed by atoms with Crippen molar-refractivity contribution in [3.8, 4) is 0 Å². The Labute approximate surface area is 261 Å². The molecule has 4 rings (SSSR count). The lowest BCUT2D eigenvalue weighted by molar-refractivity contribution is -0.133. The number of carbonyl (C=O) groups is 2. The quantitative estimate of drug-likeness (QED) is 0.302. The van der Waals surface area contributed by atoms with Crippen molar-refractivity contribution in [3.63, 3.8) is 0 Å². The van der Waals surface area contributed by atoms with Gasteiger partial charge >= 0.3 is 6.09 Å². The number of piperidine rings is 1. The highest BCUT2D eigenvalue weighted by Gasteiger charge is 2.41. The Kier molecular flexibility index (Phi) is 11.2. The van der Waals surface area contributed by atoms with Crippen LogP contribution < -0.4 is 0 Å². The first-order valence-electron chi connectivity index (χ1n) is 15.3. The molecule has 1 saturated carbocycles. The average molecular weight is 656 g/mol. The summed E-state index contributed by atoms with van der Waals surface area (Å²) in [6, 6.07) is 7.56. The van der Waals surface area contributed by atoms with Crippen LogP contribution in [0.25, 0.3) is 0 Å². The molecule has 13 heteroatoms. The van der Waals surface area contributed by atoms with Gasteiger partial charge in [0.2, 0.25) is 11.8 Å². The summed E-state index contributed by atoms with van der Waals surface area (Å²) in [5, 5.41) is 10.2. The molecule has 1 heterocycles. The molecule has 1 atom stereocenters. The van der Waals surface area contributed by atoms with Crippen molar-refractivity contribution in [2.75, 3.05) is 32.4 Å². The number of amides is 2. The molecule has 1 aliphatic heterocycles. The number of nitrogens with zero attached hydrogens (tertiary/aromatic N) is 3. The lowest BCUT2D eigenvalue weighted by atomic mass is 9.89. The number of carboxylic acid groups (broad SMARTS) is 1. The molecule has 1 saturated heterocycles. The number of likely N-dealkylation sites (N-methyl/N-ethyl adjacent to an activating group) is 1. The zero-order chi connectivity index (χ0) is 32.9. The zero-order valence-electron chi connectivity index (χ0n) is 25.6. The molecule has 0 aromatic heterocycles. The van der Waals surface area contributed by atoms with Crippen molar-refractivity contribution in [1.29, 1.82) is 0 Å². The van der Waals surface area contributed by atoms with Crippen LogP contribution in [0.15, 0.2) is 47.4 Å². The molecule has 45 heavy (non-hydrogen) atoms. The number of hydrogen-bond donors (Lipinski definition) is 1. The first kappa shape index (κ1) is 34.7. The van der Waals surface area contributed by atoms with Crippen molar-refractivity contribution < 1.29 is 40.7 Å². The van der Waals surface area contributed by atoms with Gasteiger partial charge in [0.05, 0.1) is 17.4 Å². The second-order valence-corrected chi connectivity index (χ2v) is 14.1. The maximum Gasteiger partial charge on any atom is 0.408 e. The minimum atomic E-state index is -3.33. The number of benzene rings is 2. The van der Waals surface area contributed by atoms with Crippen LogP contribution in [-0.2, 0) is 21.1 Å². The molecule has 2 amide bonds. The van der Waals surface area contributed by atoms with Crippen LogP contribution in [0.5, 0.6) is 0 Å². The van der Waals surface area contributed by atoms with Gasteiger partial charge in [0.25, 0.3) is 0 Å². The number of rotatable bonds is 11. The molecular formula is C32H41F4N3O5S. The van der Waals surface area contributed by atoms with E-state index in [2.05, 4.69) is 4.90 Å². The topological polar surface area (TPSA) is 98.2 Å². The van der Waals surface area contributed by atoms with E-state index in [1.54, 1.807) is 12.1 Å². The van der Waals surface area contributed by atoms with E-state index in [0.717, 1.165) is 23.3 Å². The summed E-state index contributed by atoms with van der Waals surface area (Å²) in [7, 11) is -3.33. The van der Waals surface area contributed by atoms with E-state index in [1.807, 2.05) is 11.8 Å². The standard InChI is InChI=1S/C32H41F4N3O5S/c1-3-38(30(40)18-22-4-6-28(7-5-22)45(2,43)44)26-10-15-37(16-11-26)17-12-29(23-19-24(33)21-25(34)20-23)39(31(41)42)27-8-13-32(35,36)14-9-27/h4-7,19-21,26-27,29H,3,8-18H2,1-2H3,(H,41,42)/t29-/m0/s1. The summed E-state index contributed by atoms with van der Waals surface area (Å²) in [4.78, 5) is 30.9. The van der Waals surface area contributed by atoms with Crippen LogP contribution in [0.2, 0.25) is 0 Å². The second-order valence-electron chi connectivity index (χ2n) is 12.1. The Morgan fingerprint density at radius 1 is 0.978 bits per heavy atom. The Balaban J connectivity index is 1.40. The van der Waals surface area contributed by atoms with Gasteiger partial charge in [0.15, 0.2) is 9.84 Å². The van der Waals surface area contributed by atoms with Gasteiger partial charge in [-0.25, -0.2) is 30.8 Å². The molecule has 2 aliphatic rings. The summed E-state index contributed by atoms with van der Waals surface area (Å²) >= 11 is 0. The van der Waals surface area contributed by atoms with Gasteiger partial charge in [0, 0.05) is 63.4 Å². The average Bonchev–Trinajstić information content (AvgIpc) is 2.96. The Hall–Kier alpha value is -3.19. The highest BCUT2D eigenvalue weighted by Crippen LogP contribution is 2.39. The van der Waals surface area contributed by atoms with Crippen LogP contribution in [0.1, 0.15) is 69.0 Å². The molecule has 2 fully saturated rings. The van der Waals surface area contributed by atoms with E-state index >= 15 is 0 Å². The summed E-state index contributed by atoms with van der Waals surface area (Å²) in [6.45, 7) is 4.05. The van der Waals surface area contributed by atoms with Crippen LogP contribution in [0.4, 0.5) is 22.4 Å². The SMILES string of the molecule is CCN(C(=O)Cc1ccc(S(C)(=O)=O)cc1)C1CCN(CC[C@@H](c2cc(F)cc(F)c2)N(C(=O)O)C2CCC(F)(F)CC2)CC1. The summed E-state index contributed by atoms with van der Waals surface area (Å²) in [6.07, 6.45) is 0.538. The largest absolute Gasteiger partial charge is 0.465 e. The molecule has 0 radical (unpaired) electrons. The van der Waals surface area contributed by atoms with E-state index in [1.165, 1.54) is 12.1 Å². The van der Waals surface area contributed by atoms with E-state index < -0.39 is 58.4 Å². The Bertz CT molecular complexity index is 1420. The summed E-state index contributed by atoms with van der Waals surface area (Å²) < 4.78 is 79.7. The van der Waals surface area contributed by atoms with Gasteiger partial charge < -0.3 is 14.9 Å². The fourth-order valence-corrected chi connectivity index (χ4v) is 7.24. The minimum Gasteiger partial charge on any atom is -0.465 e. The molecule has 1 aliphatic carbocycles. The molecule has 0 spiro atoms. The van der Waals surface area contributed by atoms with Gasteiger partial charge in [-0.05, 0) is 74.4 Å². The summed E-state index contributed by atoms with van der Waals surface area (Å²) in [5.74, 6) is -4.60. The molecule has 0 bridgehead atoms. The third-order valence-electron chi connectivity index (χ3n) is 8.99. The third-order valence-corrected chi connectivity index (χ3v) is 10.1. The second kappa shape index (κ2) is 14.5. The number of likely N-dealkylation sites (tertiary alicyclic amines) is 1. The van der Waals surface area contributed by atoms with Crippen molar-refractivity contribution in [2.24, 2.45) is 0 Å². The maximum atomic E-state index is 14.2. The van der Waals surface area contributed by atoms with Crippen LogP contribution in [-0.4, -0.2) is 90.7 Å². The van der Waals surface area contributed by atoms with Gasteiger partial charge in [-0.1, -0.05) is 12.1 Å². The normalized spacial score (nSPS) is 18.8. The predicted molar refractivity (Wildman–Crippen MR) is 161 cm³/mol. The molecule has 248 valence electrons. The van der Waals surface area contributed by atoms with Gasteiger partial charge in [-0.15, -0.1) is 0 Å². The number of sulfone groups is 1. The monoisotopic (exact) mass is 655 g/mol. The van der Waals surface area contributed by atoms with Crippen molar-refractivity contribution in [3.05, 3.63) is 65.2 Å². The fourth-order valence-electron chi connectivity index (χ4n) is 6.61. The number of alkyl halides is 2.